The Balaban J connectivity index is 2.30. The lowest BCUT2D eigenvalue weighted by Gasteiger charge is -2.34. The van der Waals surface area contributed by atoms with Crippen LogP contribution in [0.3, 0.4) is 0 Å². The van der Waals surface area contributed by atoms with Crippen LogP contribution in [0.2, 0.25) is 0 Å². The maximum atomic E-state index is 3.85. The maximum absolute atomic E-state index is 3.85. The van der Waals surface area contributed by atoms with E-state index in [1.165, 1.54) is 24.0 Å². The SMILES string of the molecule is C=CC1=C(C)C2(C=C1)CCNCC2. The lowest BCUT2D eigenvalue weighted by molar-refractivity contribution is 0.327. The summed E-state index contributed by atoms with van der Waals surface area (Å²) in [5, 5.41) is 3.41. The minimum Gasteiger partial charge on any atom is -0.317 e. The summed E-state index contributed by atoms with van der Waals surface area (Å²) < 4.78 is 0. The van der Waals surface area contributed by atoms with Gasteiger partial charge in [0.15, 0.2) is 0 Å². The van der Waals surface area contributed by atoms with Crippen molar-refractivity contribution in [2.75, 3.05) is 13.1 Å². The van der Waals surface area contributed by atoms with E-state index in [1.54, 1.807) is 0 Å². The second-order valence-corrected chi connectivity index (χ2v) is 4.02. The molecule has 1 N–H and O–H groups in total. The number of allylic oxidation sites excluding steroid dienone is 5. The van der Waals surface area contributed by atoms with E-state index in [0.29, 0.717) is 5.41 Å². The number of hydrogen-bond acceptors (Lipinski definition) is 1. The molecule has 13 heavy (non-hydrogen) atoms. The van der Waals surface area contributed by atoms with E-state index in [9.17, 15) is 0 Å². The van der Waals surface area contributed by atoms with Gasteiger partial charge in [-0.1, -0.05) is 30.4 Å². The molecule has 1 aliphatic heterocycles. The normalized spacial score (nSPS) is 25.6. The molecule has 0 aromatic carbocycles. The van der Waals surface area contributed by atoms with Crippen LogP contribution in [0.5, 0.6) is 0 Å². The van der Waals surface area contributed by atoms with Crippen molar-refractivity contribution < 1.29 is 0 Å². The van der Waals surface area contributed by atoms with Gasteiger partial charge in [0, 0.05) is 5.41 Å². The average Bonchev–Trinajstić information content (AvgIpc) is 2.47. The fourth-order valence-electron chi connectivity index (χ4n) is 2.42. The van der Waals surface area contributed by atoms with Gasteiger partial charge in [0.2, 0.25) is 0 Å². The summed E-state index contributed by atoms with van der Waals surface area (Å²) in [7, 11) is 0. The van der Waals surface area contributed by atoms with Crippen LogP contribution >= 0.6 is 0 Å². The van der Waals surface area contributed by atoms with Gasteiger partial charge in [0.1, 0.15) is 0 Å². The molecule has 0 amide bonds. The van der Waals surface area contributed by atoms with Gasteiger partial charge in [-0.3, -0.25) is 0 Å². The lowest BCUT2D eigenvalue weighted by atomic mass is 9.75. The summed E-state index contributed by atoms with van der Waals surface area (Å²) in [6.07, 6.45) is 9.07. The summed E-state index contributed by atoms with van der Waals surface area (Å²) in [5.74, 6) is 0. The van der Waals surface area contributed by atoms with Crippen molar-refractivity contribution in [3.63, 3.8) is 0 Å². The second kappa shape index (κ2) is 3.15. The first-order valence-electron chi connectivity index (χ1n) is 5.02. The Morgan fingerprint density at radius 3 is 2.69 bits per heavy atom. The van der Waals surface area contributed by atoms with E-state index >= 15 is 0 Å². The Bertz CT molecular complexity index is 277. The maximum Gasteiger partial charge on any atom is 0.0124 e. The van der Waals surface area contributed by atoms with Crippen LogP contribution in [-0.4, -0.2) is 13.1 Å². The van der Waals surface area contributed by atoms with Gasteiger partial charge in [0.25, 0.3) is 0 Å². The van der Waals surface area contributed by atoms with E-state index in [-0.39, 0.29) is 0 Å². The van der Waals surface area contributed by atoms with Crippen LogP contribution < -0.4 is 5.32 Å². The van der Waals surface area contributed by atoms with Gasteiger partial charge in [0.05, 0.1) is 0 Å². The molecule has 0 saturated carbocycles. The Labute approximate surface area is 80.2 Å². The molecule has 0 aromatic heterocycles. The highest BCUT2D eigenvalue weighted by Crippen LogP contribution is 2.44. The third-order valence-electron chi connectivity index (χ3n) is 3.48. The third kappa shape index (κ3) is 1.28. The van der Waals surface area contributed by atoms with Crippen LogP contribution in [0.25, 0.3) is 0 Å². The van der Waals surface area contributed by atoms with Gasteiger partial charge in [-0.2, -0.15) is 0 Å². The van der Waals surface area contributed by atoms with Crippen LogP contribution in [0.15, 0.2) is 36.0 Å². The van der Waals surface area contributed by atoms with Crippen LogP contribution in [0.1, 0.15) is 19.8 Å². The molecule has 0 atom stereocenters. The molecule has 1 spiro atoms. The Morgan fingerprint density at radius 1 is 1.46 bits per heavy atom. The number of rotatable bonds is 1. The fraction of sp³-hybridized carbons (Fsp3) is 0.500. The highest BCUT2D eigenvalue weighted by atomic mass is 14.9. The predicted molar refractivity (Wildman–Crippen MR) is 56.6 cm³/mol. The first kappa shape index (κ1) is 8.76. The quantitative estimate of drug-likeness (QED) is 0.645. The van der Waals surface area contributed by atoms with E-state index < -0.39 is 0 Å². The molecule has 2 aliphatic rings. The molecule has 1 heterocycles. The summed E-state index contributed by atoms with van der Waals surface area (Å²) in [4.78, 5) is 0. The molecule has 1 heteroatoms. The zero-order valence-corrected chi connectivity index (χ0v) is 8.27. The van der Waals surface area contributed by atoms with Gasteiger partial charge in [-0.05, 0) is 38.4 Å². The average molecular weight is 175 g/mol. The van der Waals surface area contributed by atoms with Gasteiger partial charge >= 0.3 is 0 Å². The molecular weight excluding hydrogens is 158 g/mol. The Hall–Kier alpha value is -0.820. The fourth-order valence-corrected chi connectivity index (χ4v) is 2.42. The first-order valence-corrected chi connectivity index (χ1v) is 5.02. The standard InChI is InChI=1S/C12H17N/c1-3-11-4-5-12(10(11)2)6-8-13-9-7-12/h3-5,13H,1,6-9H2,2H3. The van der Waals surface area contributed by atoms with E-state index in [0.717, 1.165) is 13.1 Å². The van der Waals surface area contributed by atoms with Crippen molar-refractivity contribution in [3.8, 4) is 0 Å². The van der Waals surface area contributed by atoms with Crippen molar-refractivity contribution in [2.45, 2.75) is 19.8 Å². The molecule has 0 unspecified atom stereocenters. The highest BCUT2D eigenvalue weighted by molar-refractivity contribution is 5.46. The topological polar surface area (TPSA) is 12.0 Å². The molecule has 0 aromatic rings. The molecule has 1 nitrogen and oxygen atoms in total. The molecule has 0 bridgehead atoms. The van der Waals surface area contributed by atoms with E-state index in [4.69, 9.17) is 0 Å². The minimum atomic E-state index is 0.370. The monoisotopic (exact) mass is 175 g/mol. The smallest absolute Gasteiger partial charge is 0.0124 e. The number of hydrogen-bond donors (Lipinski definition) is 1. The van der Waals surface area contributed by atoms with Crippen LogP contribution in [0, 0.1) is 5.41 Å². The Morgan fingerprint density at radius 2 is 2.15 bits per heavy atom. The van der Waals surface area contributed by atoms with Crippen LogP contribution in [-0.2, 0) is 0 Å². The third-order valence-corrected chi connectivity index (χ3v) is 3.48. The van der Waals surface area contributed by atoms with E-state index in [2.05, 4.69) is 31.0 Å². The van der Waals surface area contributed by atoms with Gasteiger partial charge in [-0.15, -0.1) is 0 Å². The second-order valence-electron chi connectivity index (χ2n) is 4.02. The van der Waals surface area contributed by atoms with Crippen molar-refractivity contribution in [1.82, 2.24) is 5.32 Å². The van der Waals surface area contributed by atoms with Crippen molar-refractivity contribution in [1.29, 1.82) is 0 Å². The molecule has 1 aliphatic carbocycles. The lowest BCUT2D eigenvalue weighted by Crippen LogP contribution is -2.35. The zero-order valence-electron chi connectivity index (χ0n) is 8.27. The molecule has 2 rings (SSSR count). The van der Waals surface area contributed by atoms with Crippen LogP contribution in [0.4, 0.5) is 0 Å². The van der Waals surface area contributed by atoms with Crippen molar-refractivity contribution >= 4 is 0 Å². The molecule has 1 saturated heterocycles. The Kier molecular flexibility index (Phi) is 2.12. The van der Waals surface area contributed by atoms with Gasteiger partial charge < -0.3 is 5.32 Å². The largest absolute Gasteiger partial charge is 0.317 e. The predicted octanol–water partition coefficient (Wildman–Crippen LogP) is 2.43. The number of nitrogens with one attached hydrogen (secondary N) is 1. The molecule has 0 radical (unpaired) electrons. The first-order chi connectivity index (χ1) is 6.28. The summed E-state index contributed by atoms with van der Waals surface area (Å²) in [5.41, 5.74) is 3.22. The zero-order chi connectivity index (χ0) is 9.31. The van der Waals surface area contributed by atoms with Crippen molar-refractivity contribution in [3.05, 3.63) is 36.0 Å². The van der Waals surface area contributed by atoms with Crippen molar-refractivity contribution in [2.24, 2.45) is 5.41 Å². The highest BCUT2D eigenvalue weighted by Gasteiger charge is 2.34. The summed E-state index contributed by atoms with van der Waals surface area (Å²) in [6.45, 7) is 8.39. The van der Waals surface area contributed by atoms with E-state index in [1.807, 2.05) is 6.08 Å². The molecule has 1 fully saturated rings. The summed E-state index contributed by atoms with van der Waals surface area (Å²) in [6, 6.07) is 0. The summed E-state index contributed by atoms with van der Waals surface area (Å²) >= 11 is 0. The number of piperidine rings is 1. The minimum absolute atomic E-state index is 0.370. The van der Waals surface area contributed by atoms with Gasteiger partial charge in [-0.25, -0.2) is 0 Å². The molecular formula is C12H17N. The molecule has 70 valence electrons.